The van der Waals surface area contributed by atoms with Gasteiger partial charge >= 0.3 is 5.97 Å². The highest BCUT2D eigenvalue weighted by Gasteiger charge is 2.14. The Labute approximate surface area is 117 Å². The van der Waals surface area contributed by atoms with Gasteiger partial charge in [0.2, 0.25) is 5.76 Å². The smallest absolute Gasteiger partial charge is 0.374 e. The first-order valence-corrected chi connectivity index (χ1v) is 6.28. The van der Waals surface area contributed by atoms with Crippen molar-refractivity contribution >= 4 is 5.97 Å². The Kier molecular flexibility index (Phi) is 4.92. The van der Waals surface area contributed by atoms with Crippen LogP contribution in [0.2, 0.25) is 0 Å². The molecule has 1 heterocycles. The summed E-state index contributed by atoms with van der Waals surface area (Å²) in [7, 11) is 1.32. The number of ether oxygens (including phenoxy) is 1. The van der Waals surface area contributed by atoms with Crippen LogP contribution in [-0.4, -0.2) is 18.2 Å². The van der Waals surface area contributed by atoms with Gasteiger partial charge in [-0.15, -0.1) is 0 Å². The maximum atomic E-state index is 11.4. The minimum atomic E-state index is -0.473. The minimum Gasteiger partial charge on any atom is -0.463 e. The number of rotatable bonds is 6. The van der Waals surface area contributed by atoms with Crippen LogP contribution < -0.4 is 5.32 Å². The summed E-state index contributed by atoms with van der Waals surface area (Å²) in [6, 6.07) is 9.42. The lowest BCUT2D eigenvalue weighted by atomic mass is 10.1. The predicted molar refractivity (Wildman–Crippen MR) is 73.0 cm³/mol. The first kappa shape index (κ1) is 14.3. The van der Waals surface area contributed by atoms with Crippen LogP contribution in [0.25, 0.3) is 0 Å². The Balaban J connectivity index is 1.89. The average molecular weight is 275 g/mol. The normalized spacial score (nSPS) is 10.5. The second kappa shape index (κ2) is 6.88. The van der Waals surface area contributed by atoms with Gasteiger partial charge in [0.05, 0.1) is 20.0 Å². The molecule has 2 N–H and O–H groups in total. The van der Waals surface area contributed by atoms with E-state index >= 15 is 0 Å². The molecule has 0 radical (unpaired) electrons. The van der Waals surface area contributed by atoms with Crippen molar-refractivity contribution in [2.75, 3.05) is 7.11 Å². The molecule has 0 atom stereocenters. The molecule has 1 aromatic heterocycles. The summed E-state index contributed by atoms with van der Waals surface area (Å²) in [6.45, 7) is 1.23. The molecule has 0 aliphatic carbocycles. The number of nitrogens with one attached hydrogen (secondary N) is 1. The van der Waals surface area contributed by atoms with Crippen molar-refractivity contribution in [2.24, 2.45) is 0 Å². The molecule has 5 heteroatoms. The van der Waals surface area contributed by atoms with Crippen molar-refractivity contribution in [3.8, 4) is 0 Å². The molecule has 2 aromatic rings. The number of furan rings is 1. The zero-order valence-electron chi connectivity index (χ0n) is 11.3. The van der Waals surface area contributed by atoms with Gasteiger partial charge < -0.3 is 19.6 Å². The van der Waals surface area contributed by atoms with Crippen LogP contribution in [0.3, 0.4) is 0 Å². The number of carbonyl (C=O) groups excluding carboxylic acids is 1. The van der Waals surface area contributed by atoms with E-state index in [1.165, 1.54) is 13.4 Å². The number of esters is 1. The third-order valence-electron chi connectivity index (χ3n) is 2.97. The summed E-state index contributed by atoms with van der Waals surface area (Å²) in [4.78, 5) is 11.4. The molecule has 0 saturated carbocycles. The molecular weight excluding hydrogens is 258 g/mol. The van der Waals surface area contributed by atoms with Gasteiger partial charge in [0.1, 0.15) is 0 Å². The average Bonchev–Trinajstić information content (AvgIpc) is 2.95. The summed E-state index contributed by atoms with van der Waals surface area (Å²) >= 11 is 0. The van der Waals surface area contributed by atoms with Gasteiger partial charge in [0.25, 0.3) is 0 Å². The fourth-order valence-corrected chi connectivity index (χ4v) is 1.85. The molecule has 0 aliphatic heterocycles. The number of aliphatic hydroxyl groups is 1. The Morgan fingerprint density at radius 2 is 1.90 bits per heavy atom. The number of benzene rings is 1. The van der Waals surface area contributed by atoms with Gasteiger partial charge in [-0.3, -0.25) is 0 Å². The minimum absolute atomic E-state index is 0.0468. The molecule has 2 rings (SSSR count). The topological polar surface area (TPSA) is 71.7 Å². The Hall–Kier alpha value is -2.11. The maximum Gasteiger partial charge on any atom is 0.374 e. The first-order chi connectivity index (χ1) is 9.74. The van der Waals surface area contributed by atoms with E-state index in [2.05, 4.69) is 10.1 Å². The van der Waals surface area contributed by atoms with Crippen LogP contribution >= 0.6 is 0 Å². The quantitative estimate of drug-likeness (QED) is 0.787. The molecule has 0 saturated heterocycles. The molecule has 0 spiro atoms. The van der Waals surface area contributed by atoms with Crippen LogP contribution in [0.5, 0.6) is 0 Å². The van der Waals surface area contributed by atoms with Crippen molar-refractivity contribution in [3.05, 3.63) is 59.0 Å². The van der Waals surface area contributed by atoms with Gasteiger partial charge in [-0.1, -0.05) is 24.3 Å². The zero-order valence-corrected chi connectivity index (χ0v) is 11.3. The number of methoxy groups -OCH3 is 1. The van der Waals surface area contributed by atoms with Crippen molar-refractivity contribution in [2.45, 2.75) is 19.7 Å². The number of carbonyl (C=O) groups is 1. The fourth-order valence-electron chi connectivity index (χ4n) is 1.85. The molecule has 0 bridgehead atoms. The van der Waals surface area contributed by atoms with Gasteiger partial charge in [-0.25, -0.2) is 4.79 Å². The fraction of sp³-hybridized carbons (Fsp3) is 0.267. The molecule has 0 fully saturated rings. The lowest BCUT2D eigenvalue weighted by Crippen LogP contribution is -2.14. The zero-order chi connectivity index (χ0) is 14.4. The number of aliphatic hydroxyl groups excluding tert-OH is 1. The van der Waals surface area contributed by atoms with Crippen molar-refractivity contribution in [1.29, 1.82) is 0 Å². The molecule has 0 amide bonds. The lowest BCUT2D eigenvalue weighted by molar-refractivity contribution is 0.0563. The molecule has 106 valence electrons. The third kappa shape index (κ3) is 3.46. The summed E-state index contributed by atoms with van der Waals surface area (Å²) in [6.07, 6.45) is 1.47. The van der Waals surface area contributed by atoms with Crippen molar-refractivity contribution in [3.63, 3.8) is 0 Å². The van der Waals surface area contributed by atoms with Gasteiger partial charge in [0, 0.05) is 18.7 Å². The largest absolute Gasteiger partial charge is 0.463 e. The van der Waals surface area contributed by atoms with E-state index in [-0.39, 0.29) is 12.4 Å². The van der Waals surface area contributed by atoms with E-state index in [0.717, 1.165) is 16.7 Å². The van der Waals surface area contributed by atoms with E-state index in [1.807, 2.05) is 24.3 Å². The van der Waals surface area contributed by atoms with Crippen molar-refractivity contribution in [1.82, 2.24) is 5.32 Å². The molecule has 0 aliphatic rings. The SMILES string of the molecule is COC(=O)c1occc1CNCc1ccc(CO)cc1. The molecule has 20 heavy (non-hydrogen) atoms. The van der Waals surface area contributed by atoms with Gasteiger partial charge in [-0.2, -0.15) is 0 Å². The Morgan fingerprint density at radius 3 is 2.55 bits per heavy atom. The third-order valence-corrected chi connectivity index (χ3v) is 2.97. The van der Waals surface area contributed by atoms with Crippen LogP contribution in [-0.2, 0) is 24.4 Å². The summed E-state index contributed by atoms with van der Waals surface area (Å²) < 4.78 is 9.75. The Morgan fingerprint density at radius 1 is 1.20 bits per heavy atom. The maximum absolute atomic E-state index is 11.4. The summed E-state index contributed by atoms with van der Waals surface area (Å²) in [5.41, 5.74) is 2.76. The molecule has 0 unspecified atom stereocenters. The van der Waals surface area contributed by atoms with E-state index in [4.69, 9.17) is 9.52 Å². The molecule has 1 aromatic carbocycles. The Bertz CT molecular complexity index is 560. The first-order valence-electron chi connectivity index (χ1n) is 6.28. The van der Waals surface area contributed by atoms with Crippen LogP contribution in [0, 0.1) is 0 Å². The standard InChI is InChI=1S/C15H17NO4/c1-19-15(18)14-13(6-7-20-14)9-16-8-11-2-4-12(10-17)5-3-11/h2-7,16-17H,8-10H2,1H3. The highest BCUT2D eigenvalue weighted by Crippen LogP contribution is 2.12. The monoisotopic (exact) mass is 275 g/mol. The van der Waals surface area contributed by atoms with Gasteiger partial charge in [0.15, 0.2) is 0 Å². The summed E-state index contributed by atoms with van der Waals surface area (Å²) in [5.74, 6) is -0.241. The molecule has 5 nitrogen and oxygen atoms in total. The van der Waals surface area contributed by atoms with Crippen molar-refractivity contribution < 1.29 is 19.1 Å². The number of hydrogen-bond acceptors (Lipinski definition) is 5. The van der Waals surface area contributed by atoms with Gasteiger partial charge in [-0.05, 0) is 17.2 Å². The van der Waals surface area contributed by atoms with Crippen LogP contribution in [0.4, 0.5) is 0 Å². The van der Waals surface area contributed by atoms with E-state index in [1.54, 1.807) is 6.07 Å². The predicted octanol–water partition coefficient (Wildman–Crippen LogP) is 1.85. The van der Waals surface area contributed by atoms with Crippen LogP contribution in [0.1, 0.15) is 27.2 Å². The van der Waals surface area contributed by atoms with E-state index in [0.29, 0.717) is 13.1 Å². The highest BCUT2D eigenvalue weighted by atomic mass is 16.5. The van der Waals surface area contributed by atoms with Crippen LogP contribution in [0.15, 0.2) is 41.0 Å². The molecular formula is C15H17NO4. The van der Waals surface area contributed by atoms with E-state index in [9.17, 15) is 4.79 Å². The second-order valence-electron chi connectivity index (χ2n) is 4.34. The lowest BCUT2D eigenvalue weighted by Gasteiger charge is -2.05. The number of hydrogen-bond donors (Lipinski definition) is 2. The summed E-state index contributed by atoms with van der Waals surface area (Å²) in [5, 5.41) is 12.2. The highest BCUT2D eigenvalue weighted by molar-refractivity contribution is 5.87. The van der Waals surface area contributed by atoms with E-state index < -0.39 is 5.97 Å². The second-order valence-corrected chi connectivity index (χ2v) is 4.34.